The van der Waals surface area contributed by atoms with Crippen LogP contribution >= 0.6 is 0 Å². The molecule has 24 heavy (non-hydrogen) atoms. The van der Waals surface area contributed by atoms with E-state index < -0.39 is 17.5 Å². The summed E-state index contributed by atoms with van der Waals surface area (Å²) in [6.45, 7) is 7.37. The van der Waals surface area contributed by atoms with Crippen LogP contribution in [-0.2, 0) is 15.0 Å². The van der Waals surface area contributed by atoms with Gasteiger partial charge in [0.1, 0.15) is 11.2 Å². The van der Waals surface area contributed by atoms with Crippen molar-refractivity contribution in [2.75, 3.05) is 13.2 Å². The number of carbonyl (C=O) groups excluding carboxylic acids is 2. The van der Waals surface area contributed by atoms with E-state index in [4.69, 9.17) is 9.47 Å². The lowest BCUT2D eigenvalue weighted by molar-refractivity contribution is 0.0507. The second-order valence-corrected chi connectivity index (χ2v) is 5.75. The Hall–Kier alpha value is -2.81. The lowest BCUT2D eigenvalue weighted by atomic mass is 10.1. The molecule has 0 spiro atoms. The van der Waals surface area contributed by atoms with Crippen molar-refractivity contribution in [3.8, 4) is 6.07 Å². The third-order valence-electron chi connectivity index (χ3n) is 3.63. The first kappa shape index (κ1) is 17.5. The van der Waals surface area contributed by atoms with Gasteiger partial charge in [0.2, 0.25) is 0 Å². The van der Waals surface area contributed by atoms with Gasteiger partial charge in [-0.05, 0) is 45.9 Å². The third kappa shape index (κ3) is 3.11. The second kappa shape index (κ2) is 6.75. The molecule has 0 N–H and O–H groups in total. The van der Waals surface area contributed by atoms with E-state index in [2.05, 4.69) is 6.07 Å². The molecule has 0 radical (unpaired) electrons. The van der Waals surface area contributed by atoms with Crippen molar-refractivity contribution in [1.29, 1.82) is 5.26 Å². The topological polar surface area (TPSA) is 81.3 Å². The number of hydrogen-bond acceptors (Lipinski definition) is 5. The standard InChI is InChI=1S/C18H20N2O4/c1-5-23-16(21)13-8-7-12-9-15(17(22)24-6-2)20(14(12)10-13)18(3,4)11-19/h7-10H,5-6H2,1-4H3. The number of benzene rings is 1. The SMILES string of the molecule is CCOC(=O)c1ccc2cc(C(=O)OCC)n(C(C)(C)C#N)c2c1. The Morgan fingerprint density at radius 1 is 1.12 bits per heavy atom. The predicted octanol–water partition coefficient (Wildman–Crippen LogP) is 3.25. The number of nitrogens with zero attached hydrogens (tertiary/aromatic N) is 2. The number of esters is 2. The van der Waals surface area contributed by atoms with Crippen LogP contribution in [0.3, 0.4) is 0 Å². The maximum Gasteiger partial charge on any atom is 0.355 e. The molecule has 6 heteroatoms. The fourth-order valence-electron chi connectivity index (χ4n) is 2.55. The lowest BCUT2D eigenvalue weighted by Crippen LogP contribution is -2.28. The molecule has 0 atom stereocenters. The fourth-order valence-corrected chi connectivity index (χ4v) is 2.55. The summed E-state index contributed by atoms with van der Waals surface area (Å²) >= 11 is 0. The first-order valence-corrected chi connectivity index (χ1v) is 7.77. The zero-order valence-corrected chi connectivity index (χ0v) is 14.3. The monoisotopic (exact) mass is 328 g/mol. The van der Waals surface area contributed by atoms with E-state index in [0.29, 0.717) is 11.1 Å². The van der Waals surface area contributed by atoms with E-state index in [1.165, 1.54) is 0 Å². The molecule has 0 unspecified atom stereocenters. The highest BCUT2D eigenvalue weighted by atomic mass is 16.5. The van der Waals surface area contributed by atoms with Gasteiger partial charge in [0, 0.05) is 5.39 Å². The van der Waals surface area contributed by atoms with E-state index in [-0.39, 0.29) is 18.9 Å². The van der Waals surface area contributed by atoms with Gasteiger partial charge >= 0.3 is 11.9 Å². The van der Waals surface area contributed by atoms with Crippen molar-refractivity contribution < 1.29 is 19.1 Å². The molecule has 1 heterocycles. The molecule has 126 valence electrons. The van der Waals surface area contributed by atoms with Crippen molar-refractivity contribution >= 4 is 22.8 Å². The molecule has 0 aliphatic heterocycles. The number of hydrogen-bond donors (Lipinski definition) is 0. The maximum absolute atomic E-state index is 12.3. The Balaban J connectivity index is 2.71. The van der Waals surface area contributed by atoms with Crippen LogP contribution in [0.25, 0.3) is 10.9 Å². The number of fused-ring (bicyclic) bond motifs is 1. The molecule has 1 aromatic carbocycles. The highest BCUT2D eigenvalue weighted by molar-refractivity contribution is 5.99. The van der Waals surface area contributed by atoms with Gasteiger partial charge in [0.25, 0.3) is 0 Å². The molecule has 6 nitrogen and oxygen atoms in total. The van der Waals surface area contributed by atoms with Crippen molar-refractivity contribution in [3.05, 3.63) is 35.5 Å². The number of aromatic nitrogens is 1. The Bertz CT molecular complexity index is 827. The minimum atomic E-state index is -0.989. The average molecular weight is 328 g/mol. The summed E-state index contributed by atoms with van der Waals surface area (Å²) in [7, 11) is 0. The molecule has 0 fully saturated rings. The summed E-state index contributed by atoms with van der Waals surface area (Å²) in [6, 6.07) is 8.86. The van der Waals surface area contributed by atoms with Crippen LogP contribution < -0.4 is 0 Å². The Morgan fingerprint density at radius 3 is 2.33 bits per heavy atom. The van der Waals surface area contributed by atoms with Gasteiger partial charge in [-0.3, -0.25) is 0 Å². The van der Waals surface area contributed by atoms with Gasteiger partial charge in [-0.25, -0.2) is 9.59 Å². The fraction of sp³-hybridized carbons (Fsp3) is 0.389. The molecule has 0 aliphatic carbocycles. The van der Waals surface area contributed by atoms with Crippen LogP contribution in [0, 0.1) is 11.3 Å². The van der Waals surface area contributed by atoms with Gasteiger partial charge in [0.05, 0.1) is 30.4 Å². The van der Waals surface area contributed by atoms with Crippen LogP contribution in [-0.4, -0.2) is 29.7 Å². The van der Waals surface area contributed by atoms with Gasteiger partial charge < -0.3 is 14.0 Å². The molecule has 0 aliphatic rings. The second-order valence-electron chi connectivity index (χ2n) is 5.75. The summed E-state index contributed by atoms with van der Waals surface area (Å²) in [5.41, 5.74) is 0.263. The number of carbonyl (C=O) groups is 2. The minimum absolute atomic E-state index is 0.238. The Morgan fingerprint density at radius 2 is 1.75 bits per heavy atom. The molecular weight excluding hydrogens is 308 g/mol. The number of nitriles is 1. The molecular formula is C18H20N2O4. The van der Waals surface area contributed by atoms with Crippen LogP contribution in [0.1, 0.15) is 48.5 Å². The van der Waals surface area contributed by atoms with E-state index in [9.17, 15) is 14.9 Å². The van der Waals surface area contributed by atoms with Crippen LogP contribution in [0.5, 0.6) is 0 Å². The summed E-state index contributed by atoms with van der Waals surface area (Å²) in [5, 5.41) is 10.3. The van der Waals surface area contributed by atoms with E-state index in [1.807, 2.05) is 0 Å². The Labute approximate surface area is 140 Å². The molecule has 0 bridgehead atoms. The largest absolute Gasteiger partial charge is 0.462 e. The van der Waals surface area contributed by atoms with Crippen LogP contribution in [0.15, 0.2) is 24.3 Å². The van der Waals surface area contributed by atoms with Gasteiger partial charge in [0.15, 0.2) is 0 Å². The molecule has 0 saturated heterocycles. The highest BCUT2D eigenvalue weighted by Gasteiger charge is 2.28. The van der Waals surface area contributed by atoms with Crippen molar-refractivity contribution in [1.82, 2.24) is 4.57 Å². The van der Waals surface area contributed by atoms with Crippen LogP contribution in [0.2, 0.25) is 0 Å². The quantitative estimate of drug-likeness (QED) is 0.787. The van der Waals surface area contributed by atoms with Gasteiger partial charge in [-0.1, -0.05) is 6.07 Å². The van der Waals surface area contributed by atoms with Crippen LogP contribution in [0.4, 0.5) is 0 Å². The smallest absolute Gasteiger partial charge is 0.355 e. The zero-order valence-electron chi connectivity index (χ0n) is 14.3. The molecule has 1 aromatic heterocycles. The summed E-state index contributed by atoms with van der Waals surface area (Å²) in [4.78, 5) is 24.2. The summed E-state index contributed by atoms with van der Waals surface area (Å²) in [6.07, 6.45) is 0. The minimum Gasteiger partial charge on any atom is -0.462 e. The van der Waals surface area contributed by atoms with Gasteiger partial charge in [-0.15, -0.1) is 0 Å². The van der Waals surface area contributed by atoms with Gasteiger partial charge in [-0.2, -0.15) is 5.26 Å². The predicted molar refractivity (Wildman–Crippen MR) is 88.8 cm³/mol. The summed E-state index contributed by atoms with van der Waals surface area (Å²) in [5.74, 6) is -0.950. The maximum atomic E-state index is 12.3. The zero-order chi connectivity index (χ0) is 17.9. The molecule has 0 amide bonds. The normalized spacial score (nSPS) is 11.1. The Kier molecular flexibility index (Phi) is 4.93. The van der Waals surface area contributed by atoms with Crippen molar-refractivity contribution in [2.45, 2.75) is 33.2 Å². The van der Waals surface area contributed by atoms with E-state index in [1.54, 1.807) is 56.5 Å². The number of ether oxygens (including phenoxy) is 2. The highest BCUT2D eigenvalue weighted by Crippen LogP contribution is 2.29. The van der Waals surface area contributed by atoms with E-state index in [0.717, 1.165) is 5.39 Å². The van der Waals surface area contributed by atoms with Crippen molar-refractivity contribution in [2.24, 2.45) is 0 Å². The number of rotatable bonds is 5. The van der Waals surface area contributed by atoms with Crippen molar-refractivity contribution in [3.63, 3.8) is 0 Å². The molecule has 2 rings (SSSR count). The first-order valence-electron chi connectivity index (χ1n) is 7.77. The molecule has 0 saturated carbocycles. The molecule has 2 aromatic rings. The lowest BCUT2D eigenvalue weighted by Gasteiger charge is -2.22. The average Bonchev–Trinajstić information content (AvgIpc) is 2.94. The first-order chi connectivity index (χ1) is 11.4. The third-order valence-corrected chi connectivity index (χ3v) is 3.63. The summed E-state index contributed by atoms with van der Waals surface area (Å²) < 4.78 is 11.7. The van der Waals surface area contributed by atoms with E-state index >= 15 is 0 Å².